The molecule has 0 fully saturated rings. The van der Waals surface area contributed by atoms with E-state index in [2.05, 4.69) is 10.6 Å². The lowest BCUT2D eigenvalue weighted by atomic mass is 10.1. The van der Waals surface area contributed by atoms with E-state index in [9.17, 15) is 9.59 Å². The van der Waals surface area contributed by atoms with Gasteiger partial charge >= 0.3 is 6.09 Å². The molecule has 6 nitrogen and oxygen atoms in total. The zero-order valence-electron chi connectivity index (χ0n) is 9.99. The molecule has 0 spiro atoms. The Hall–Kier alpha value is -2.24. The summed E-state index contributed by atoms with van der Waals surface area (Å²) in [5.74, 6) is 0.451. The smallest absolute Gasteiger partial charge is 0.407 e. The monoisotopic (exact) mass is 250 g/mol. The molecule has 6 heteroatoms. The van der Waals surface area contributed by atoms with Crippen molar-refractivity contribution < 1.29 is 19.1 Å². The summed E-state index contributed by atoms with van der Waals surface area (Å²) in [6, 6.07) is 5.35. The molecule has 2 amide bonds. The standard InChI is InChI=1S/C12H14N2O4/c1-2-17-12(16)13-6-8-3-4-10-9(5-8)14-11(15)7-18-10/h3-5H,2,6-7H2,1H3,(H,13,16)(H,14,15). The SMILES string of the molecule is CCOC(=O)NCc1ccc2c(c1)NC(=O)CO2. The average Bonchev–Trinajstić information content (AvgIpc) is 2.36. The fraction of sp³-hybridized carbons (Fsp3) is 0.333. The normalized spacial score (nSPS) is 13.1. The Morgan fingerprint density at radius 2 is 2.39 bits per heavy atom. The van der Waals surface area contributed by atoms with Gasteiger partial charge in [-0.05, 0) is 24.6 Å². The lowest BCUT2D eigenvalue weighted by molar-refractivity contribution is -0.118. The third-order valence-electron chi connectivity index (χ3n) is 2.39. The Morgan fingerprint density at radius 1 is 1.56 bits per heavy atom. The van der Waals surface area contributed by atoms with E-state index in [4.69, 9.17) is 9.47 Å². The minimum atomic E-state index is -0.462. The largest absolute Gasteiger partial charge is 0.482 e. The summed E-state index contributed by atoms with van der Waals surface area (Å²) in [7, 11) is 0. The van der Waals surface area contributed by atoms with Gasteiger partial charge in [0.25, 0.3) is 5.91 Å². The molecule has 0 aliphatic carbocycles. The van der Waals surface area contributed by atoms with Gasteiger partial charge in [-0.3, -0.25) is 4.79 Å². The van der Waals surface area contributed by atoms with Crippen molar-refractivity contribution in [3.8, 4) is 5.75 Å². The van der Waals surface area contributed by atoms with Crippen LogP contribution in [0.3, 0.4) is 0 Å². The van der Waals surface area contributed by atoms with Gasteiger partial charge in [0.2, 0.25) is 0 Å². The summed E-state index contributed by atoms with van der Waals surface area (Å²) < 4.78 is 9.98. The summed E-state index contributed by atoms with van der Waals surface area (Å²) in [4.78, 5) is 22.3. The van der Waals surface area contributed by atoms with Crippen LogP contribution in [0.2, 0.25) is 0 Å². The predicted molar refractivity (Wildman–Crippen MR) is 64.4 cm³/mol. The fourth-order valence-electron chi connectivity index (χ4n) is 1.60. The van der Waals surface area contributed by atoms with E-state index in [0.717, 1.165) is 5.56 Å². The lowest BCUT2D eigenvalue weighted by Gasteiger charge is -2.18. The number of benzene rings is 1. The number of carbonyl (C=O) groups excluding carboxylic acids is 2. The first-order valence-electron chi connectivity index (χ1n) is 5.65. The molecule has 2 N–H and O–H groups in total. The topological polar surface area (TPSA) is 76.7 Å². The van der Waals surface area contributed by atoms with Gasteiger partial charge in [-0.1, -0.05) is 6.07 Å². The fourth-order valence-corrected chi connectivity index (χ4v) is 1.60. The summed E-state index contributed by atoms with van der Waals surface area (Å²) in [6.07, 6.45) is -0.462. The number of hydrogen-bond acceptors (Lipinski definition) is 4. The van der Waals surface area contributed by atoms with Crippen molar-refractivity contribution in [3.63, 3.8) is 0 Å². The maximum Gasteiger partial charge on any atom is 0.407 e. The lowest BCUT2D eigenvalue weighted by Crippen LogP contribution is -2.26. The van der Waals surface area contributed by atoms with Crippen molar-refractivity contribution in [2.24, 2.45) is 0 Å². The van der Waals surface area contributed by atoms with E-state index < -0.39 is 6.09 Å². The molecule has 0 atom stereocenters. The number of amides is 2. The number of anilines is 1. The molecular formula is C12H14N2O4. The number of rotatable bonds is 3. The van der Waals surface area contributed by atoms with Crippen LogP contribution in [0.4, 0.5) is 10.5 Å². The van der Waals surface area contributed by atoms with Gasteiger partial charge < -0.3 is 20.1 Å². The Bertz CT molecular complexity index is 473. The van der Waals surface area contributed by atoms with E-state index in [1.165, 1.54) is 0 Å². The Balaban J connectivity index is 2.00. The third kappa shape index (κ3) is 2.91. The number of carbonyl (C=O) groups is 2. The van der Waals surface area contributed by atoms with Gasteiger partial charge in [-0.15, -0.1) is 0 Å². The van der Waals surface area contributed by atoms with Crippen molar-refractivity contribution >= 4 is 17.7 Å². The molecule has 0 saturated carbocycles. The maximum atomic E-state index is 11.2. The first-order valence-corrected chi connectivity index (χ1v) is 5.65. The minimum Gasteiger partial charge on any atom is -0.482 e. The van der Waals surface area contributed by atoms with Crippen LogP contribution in [0.1, 0.15) is 12.5 Å². The minimum absolute atomic E-state index is 0.0351. The first kappa shape index (κ1) is 12.2. The van der Waals surface area contributed by atoms with Gasteiger partial charge in [0, 0.05) is 6.54 Å². The molecule has 0 radical (unpaired) electrons. The van der Waals surface area contributed by atoms with Gasteiger partial charge in [0.1, 0.15) is 5.75 Å². The maximum absolute atomic E-state index is 11.2. The molecule has 0 unspecified atom stereocenters. The predicted octanol–water partition coefficient (Wildman–Crippen LogP) is 1.26. The zero-order chi connectivity index (χ0) is 13.0. The number of nitrogens with one attached hydrogen (secondary N) is 2. The van der Waals surface area contributed by atoms with Crippen LogP contribution >= 0.6 is 0 Å². The number of alkyl carbamates (subject to hydrolysis) is 1. The number of ether oxygens (including phenoxy) is 2. The molecule has 18 heavy (non-hydrogen) atoms. The second-order valence-electron chi connectivity index (χ2n) is 3.74. The van der Waals surface area contributed by atoms with Crippen LogP contribution in [0.5, 0.6) is 5.75 Å². The van der Waals surface area contributed by atoms with E-state index in [1.807, 2.05) is 6.07 Å². The molecule has 1 aliphatic heterocycles. The summed E-state index contributed by atoms with van der Waals surface area (Å²) in [6.45, 7) is 2.45. The highest BCUT2D eigenvalue weighted by Gasteiger charge is 2.15. The van der Waals surface area contributed by atoms with Crippen LogP contribution in [0, 0.1) is 0 Å². The van der Waals surface area contributed by atoms with Gasteiger partial charge in [0.05, 0.1) is 12.3 Å². The second kappa shape index (κ2) is 5.39. The van der Waals surface area contributed by atoms with Crippen molar-refractivity contribution in [1.29, 1.82) is 0 Å². The molecule has 1 aromatic carbocycles. The molecule has 1 aliphatic rings. The Morgan fingerprint density at radius 3 is 3.17 bits per heavy atom. The molecular weight excluding hydrogens is 236 g/mol. The van der Waals surface area contributed by atoms with Gasteiger partial charge in [-0.25, -0.2) is 4.79 Å². The van der Waals surface area contributed by atoms with E-state index in [1.54, 1.807) is 19.1 Å². The molecule has 2 rings (SSSR count). The second-order valence-corrected chi connectivity index (χ2v) is 3.74. The van der Waals surface area contributed by atoms with Crippen molar-refractivity contribution in [1.82, 2.24) is 5.32 Å². The zero-order valence-corrected chi connectivity index (χ0v) is 9.99. The molecule has 0 aromatic heterocycles. The summed E-state index contributed by atoms with van der Waals surface area (Å²) >= 11 is 0. The van der Waals surface area contributed by atoms with E-state index >= 15 is 0 Å². The highest BCUT2D eigenvalue weighted by molar-refractivity contribution is 5.95. The summed E-state index contributed by atoms with van der Waals surface area (Å²) in [5.41, 5.74) is 1.47. The molecule has 1 aromatic rings. The summed E-state index contributed by atoms with van der Waals surface area (Å²) in [5, 5.41) is 5.31. The van der Waals surface area contributed by atoms with Crippen molar-refractivity contribution in [3.05, 3.63) is 23.8 Å². The molecule has 0 saturated heterocycles. The highest BCUT2D eigenvalue weighted by atomic mass is 16.5. The van der Waals surface area contributed by atoms with Crippen LogP contribution < -0.4 is 15.4 Å². The van der Waals surface area contributed by atoms with E-state index in [-0.39, 0.29) is 12.5 Å². The van der Waals surface area contributed by atoms with Crippen LogP contribution in [-0.2, 0) is 16.1 Å². The highest BCUT2D eigenvalue weighted by Crippen LogP contribution is 2.28. The Labute approximate surface area is 104 Å². The average molecular weight is 250 g/mol. The molecule has 96 valence electrons. The van der Waals surface area contributed by atoms with Gasteiger partial charge in [0.15, 0.2) is 6.61 Å². The number of fused-ring (bicyclic) bond motifs is 1. The first-order chi connectivity index (χ1) is 8.69. The Kier molecular flexibility index (Phi) is 3.66. The van der Waals surface area contributed by atoms with Crippen molar-refractivity contribution in [2.45, 2.75) is 13.5 Å². The quantitative estimate of drug-likeness (QED) is 0.846. The number of hydrogen-bond donors (Lipinski definition) is 2. The molecule has 0 bridgehead atoms. The van der Waals surface area contributed by atoms with E-state index in [0.29, 0.717) is 24.6 Å². The third-order valence-corrected chi connectivity index (χ3v) is 2.39. The van der Waals surface area contributed by atoms with Crippen molar-refractivity contribution in [2.75, 3.05) is 18.5 Å². The van der Waals surface area contributed by atoms with Crippen LogP contribution in [-0.4, -0.2) is 25.2 Å². The molecule has 1 heterocycles. The van der Waals surface area contributed by atoms with Crippen LogP contribution in [0.15, 0.2) is 18.2 Å². The van der Waals surface area contributed by atoms with Crippen LogP contribution in [0.25, 0.3) is 0 Å². The van der Waals surface area contributed by atoms with Gasteiger partial charge in [-0.2, -0.15) is 0 Å².